The Hall–Kier alpha value is -2.27. The molecule has 0 aliphatic carbocycles. The van der Waals surface area contributed by atoms with Crippen molar-refractivity contribution >= 4 is 40.0 Å². The van der Waals surface area contributed by atoms with Crippen LogP contribution in [0.3, 0.4) is 0 Å². The standard InChI is InChI=1S/C14H21N7O6S2/c1-15-12-19-13(21-14(20-12)17-7-8-22)16-5-6-18-26-27-28-10-3-2-4-11(9-10)29(23,24)25/h2-4,9,18,22H,5-8H2,1H3,(H,23,24,25)(H3,15,16,17,19,20,21). The molecule has 160 valence electrons. The maximum Gasteiger partial charge on any atom is 0.294 e. The van der Waals surface area contributed by atoms with E-state index in [1.165, 1.54) is 18.2 Å². The number of benzene rings is 1. The summed E-state index contributed by atoms with van der Waals surface area (Å²) in [7, 11) is -2.61. The van der Waals surface area contributed by atoms with Crippen LogP contribution >= 0.6 is 12.0 Å². The van der Waals surface area contributed by atoms with Crippen LogP contribution in [0.15, 0.2) is 34.1 Å². The molecule has 0 aliphatic rings. The quantitative estimate of drug-likeness (QED) is 0.0802. The summed E-state index contributed by atoms with van der Waals surface area (Å²) in [6.45, 7) is 0.970. The van der Waals surface area contributed by atoms with Crippen LogP contribution in [0, 0.1) is 0 Å². The number of hydrogen-bond acceptors (Lipinski definition) is 13. The molecule has 0 bridgehead atoms. The second kappa shape index (κ2) is 11.7. The summed E-state index contributed by atoms with van der Waals surface area (Å²) < 4.78 is 36.0. The normalized spacial score (nSPS) is 11.3. The van der Waals surface area contributed by atoms with Crippen LogP contribution in [0.25, 0.3) is 0 Å². The van der Waals surface area contributed by atoms with Gasteiger partial charge in [0.2, 0.25) is 17.8 Å². The predicted octanol–water partition coefficient (Wildman–Crippen LogP) is 0.136. The van der Waals surface area contributed by atoms with Crippen LogP contribution in [0.5, 0.6) is 0 Å². The topological polar surface area (TPSA) is 180 Å². The third-order valence-corrected chi connectivity index (χ3v) is 4.52. The van der Waals surface area contributed by atoms with Gasteiger partial charge in [-0.05, 0) is 18.2 Å². The van der Waals surface area contributed by atoms with E-state index >= 15 is 0 Å². The summed E-state index contributed by atoms with van der Waals surface area (Å²) in [5.41, 5.74) is 2.54. The minimum atomic E-state index is -4.28. The van der Waals surface area contributed by atoms with Gasteiger partial charge in [0.05, 0.1) is 23.5 Å². The molecule has 0 aliphatic heterocycles. The molecule has 0 amide bonds. The molecule has 29 heavy (non-hydrogen) atoms. The lowest BCUT2D eigenvalue weighted by Gasteiger charge is -2.09. The Morgan fingerprint density at radius 1 is 1.07 bits per heavy atom. The van der Waals surface area contributed by atoms with Crippen LogP contribution in [0.4, 0.5) is 17.8 Å². The molecule has 0 spiro atoms. The first-order valence-electron chi connectivity index (χ1n) is 8.25. The molecule has 0 fully saturated rings. The number of anilines is 3. The molecule has 0 radical (unpaired) electrons. The van der Waals surface area contributed by atoms with E-state index in [-0.39, 0.29) is 11.5 Å². The van der Waals surface area contributed by atoms with Crippen LogP contribution in [-0.4, -0.2) is 66.3 Å². The summed E-state index contributed by atoms with van der Waals surface area (Å²) >= 11 is 0.769. The van der Waals surface area contributed by atoms with Gasteiger partial charge in [0, 0.05) is 31.6 Å². The number of hydroxylamine groups is 1. The van der Waals surface area contributed by atoms with Gasteiger partial charge in [-0.2, -0.15) is 28.8 Å². The van der Waals surface area contributed by atoms with Crippen LogP contribution < -0.4 is 21.4 Å². The molecule has 1 aromatic carbocycles. The van der Waals surface area contributed by atoms with Gasteiger partial charge >= 0.3 is 0 Å². The number of aromatic nitrogens is 3. The molecule has 15 heteroatoms. The predicted molar refractivity (Wildman–Crippen MR) is 106 cm³/mol. The van der Waals surface area contributed by atoms with Gasteiger partial charge in [0.15, 0.2) is 0 Å². The van der Waals surface area contributed by atoms with Gasteiger partial charge in [-0.15, -0.1) is 9.32 Å². The Balaban J connectivity index is 1.70. The van der Waals surface area contributed by atoms with Gasteiger partial charge in [-0.25, -0.2) is 0 Å². The Morgan fingerprint density at radius 3 is 2.41 bits per heavy atom. The summed E-state index contributed by atoms with van der Waals surface area (Å²) in [6, 6.07) is 5.56. The second-order valence-corrected chi connectivity index (χ2v) is 7.41. The highest BCUT2D eigenvalue weighted by Crippen LogP contribution is 2.22. The Morgan fingerprint density at radius 2 is 1.76 bits per heavy atom. The zero-order chi connectivity index (χ0) is 21.1. The third kappa shape index (κ3) is 8.32. The first-order chi connectivity index (χ1) is 13.9. The van der Waals surface area contributed by atoms with E-state index < -0.39 is 10.1 Å². The lowest BCUT2D eigenvalue weighted by Crippen LogP contribution is -2.23. The van der Waals surface area contributed by atoms with E-state index in [1.54, 1.807) is 13.1 Å². The van der Waals surface area contributed by atoms with Crippen molar-refractivity contribution in [2.45, 2.75) is 9.79 Å². The highest BCUT2D eigenvalue weighted by Gasteiger charge is 2.10. The Bertz CT molecular complexity index is 887. The summed E-state index contributed by atoms with van der Waals surface area (Å²) in [6.07, 6.45) is 0. The number of aliphatic hydroxyl groups excluding tert-OH is 1. The van der Waals surface area contributed by atoms with Crippen molar-refractivity contribution in [3.63, 3.8) is 0 Å². The smallest absolute Gasteiger partial charge is 0.294 e. The van der Waals surface area contributed by atoms with Crippen molar-refractivity contribution in [1.82, 2.24) is 20.4 Å². The molecule has 0 unspecified atom stereocenters. The number of rotatable bonds is 13. The fourth-order valence-corrected chi connectivity index (χ4v) is 2.92. The number of hydrogen-bond donors (Lipinski definition) is 6. The van der Waals surface area contributed by atoms with Gasteiger partial charge in [0.25, 0.3) is 10.1 Å². The van der Waals surface area contributed by atoms with Crippen molar-refractivity contribution < 1.29 is 27.4 Å². The lowest BCUT2D eigenvalue weighted by atomic mass is 10.4. The van der Waals surface area contributed by atoms with Gasteiger partial charge in [-0.3, -0.25) is 4.55 Å². The Kier molecular flexibility index (Phi) is 9.26. The summed E-state index contributed by atoms with van der Waals surface area (Å²) in [4.78, 5) is 17.3. The zero-order valence-electron chi connectivity index (χ0n) is 15.3. The SMILES string of the molecule is CNc1nc(NCCO)nc(NCCNOOSc2cccc(S(=O)(=O)O)c2)n1. The molecule has 6 N–H and O–H groups in total. The molecular formula is C14H21N7O6S2. The molecule has 2 rings (SSSR count). The highest BCUT2D eigenvalue weighted by molar-refractivity contribution is 7.94. The third-order valence-electron chi connectivity index (χ3n) is 3.09. The number of nitrogens with one attached hydrogen (secondary N) is 4. The Labute approximate surface area is 171 Å². The van der Waals surface area contributed by atoms with E-state index in [4.69, 9.17) is 19.0 Å². The average molecular weight is 447 g/mol. The van der Waals surface area contributed by atoms with Gasteiger partial charge in [0.1, 0.15) is 0 Å². The average Bonchev–Trinajstić information content (AvgIpc) is 2.71. The maximum absolute atomic E-state index is 11.1. The van der Waals surface area contributed by atoms with Gasteiger partial charge in [-0.1, -0.05) is 6.07 Å². The van der Waals surface area contributed by atoms with Crippen molar-refractivity contribution in [3.8, 4) is 0 Å². The fraction of sp³-hybridized carbons (Fsp3) is 0.357. The number of nitrogens with zero attached hydrogens (tertiary/aromatic N) is 3. The van der Waals surface area contributed by atoms with E-state index in [0.717, 1.165) is 12.0 Å². The largest absolute Gasteiger partial charge is 0.395 e. The van der Waals surface area contributed by atoms with Crippen molar-refractivity contribution in [3.05, 3.63) is 24.3 Å². The summed E-state index contributed by atoms with van der Waals surface area (Å²) in [5, 5.41) is 17.5. The van der Waals surface area contributed by atoms with Crippen molar-refractivity contribution in [1.29, 1.82) is 0 Å². The zero-order valence-corrected chi connectivity index (χ0v) is 17.0. The highest BCUT2D eigenvalue weighted by atomic mass is 32.2. The van der Waals surface area contributed by atoms with Crippen molar-refractivity contribution in [2.24, 2.45) is 0 Å². The van der Waals surface area contributed by atoms with E-state index in [2.05, 4.69) is 36.4 Å². The second-order valence-electron chi connectivity index (χ2n) is 5.21. The van der Waals surface area contributed by atoms with Gasteiger partial charge < -0.3 is 21.1 Å². The molecular weight excluding hydrogens is 426 g/mol. The van der Waals surface area contributed by atoms with Crippen molar-refractivity contribution in [2.75, 3.05) is 49.2 Å². The lowest BCUT2D eigenvalue weighted by molar-refractivity contribution is -0.243. The van der Waals surface area contributed by atoms with Crippen LogP contribution in [0.1, 0.15) is 0 Å². The van der Waals surface area contributed by atoms with E-state index in [9.17, 15) is 8.42 Å². The monoisotopic (exact) mass is 447 g/mol. The first kappa shape index (κ1) is 23.0. The first-order valence-corrected chi connectivity index (χ1v) is 10.4. The molecule has 0 saturated carbocycles. The minimum Gasteiger partial charge on any atom is -0.395 e. The molecule has 13 nitrogen and oxygen atoms in total. The van der Waals surface area contributed by atoms with Crippen LogP contribution in [-0.2, 0) is 19.4 Å². The molecule has 0 saturated heterocycles. The fourth-order valence-electron chi connectivity index (χ4n) is 1.85. The number of aliphatic hydroxyl groups is 1. The molecule has 2 aromatic rings. The molecule has 1 aromatic heterocycles. The summed E-state index contributed by atoms with van der Waals surface area (Å²) in [5.74, 6) is 1.000. The van der Waals surface area contributed by atoms with E-state index in [0.29, 0.717) is 42.4 Å². The van der Waals surface area contributed by atoms with Crippen LogP contribution in [0.2, 0.25) is 0 Å². The minimum absolute atomic E-state index is 0.0529. The molecule has 0 atom stereocenters. The molecule has 1 heterocycles. The maximum atomic E-state index is 11.1. The van der Waals surface area contributed by atoms with E-state index in [1.807, 2.05) is 0 Å².